The van der Waals surface area contributed by atoms with Crippen LogP contribution < -0.4 is 4.90 Å². The SMILES string of the molecule is COC(=O)C1CN(c2ccc(C3=NOC(C)(c4cc(Cl)c(Cl)c(Cl)c4)C3)cc2Cl)C1. The minimum Gasteiger partial charge on any atom is -0.469 e. The predicted molar refractivity (Wildman–Crippen MR) is 120 cm³/mol. The van der Waals surface area contributed by atoms with E-state index in [1.54, 1.807) is 12.1 Å². The van der Waals surface area contributed by atoms with E-state index in [-0.39, 0.29) is 11.9 Å². The zero-order chi connectivity index (χ0) is 21.6. The summed E-state index contributed by atoms with van der Waals surface area (Å²) in [5, 5.41) is 5.91. The summed E-state index contributed by atoms with van der Waals surface area (Å²) in [5.41, 5.74) is 2.58. The van der Waals surface area contributed by atoms with Gasteiger partial charge in [0.25, 0.3) is 0 Å². The Morgan fingerprint density at radius 3 is 2.40 bits per heavy atom. The van der Waals surface area contributed by atoms with Gasteiger partial charge in [-0.3, -0.25) is 4.79 Å². The zero-order valence-corrected chi connectivity index (χ0v) is 19.2. The molecule has 5 nitrogen and oxygen atoms in total. The van der Waals surface area contributed by atoms with Gasteiger partial charge in [0, 0.05) is 30.6 Å². The number of benzene rings is 2. The number of rotatable bonds is 4. The second-order valence-electron chi connectivity index (χ2n) is 7.58. The first-order chi connectivity index (χ1) is 14.2. The average molecular weight is 488 g/mol. The molecule has 4 rings (SSSR count). The normalized spacial score (nSPS) is 21.1. The molecule has 9 heteroatoms. The summed E-state index contributed by atoms with van der Waals surface area (Å²) in [6.07, 6.45) is 0.519. The maximum atomic E-state index is 11.6. The van der Waals surface area contributed by atoms with Crippen molar-refractivity contribution in [2.75, 3.05) is 25.1 Å². The molecule has 2 heterocycles. The molecule has 0 N–H and O–H groups in total. The third-order valence-corrected chi connectivity index (χ3v) is 6.99. The van der Waals surface area contributed by atoms with E-state index in [4.69, 9.17) is 56.0 Å². The molecule has 158 valence electrons. The van der Waals surface area contributed by atoms with Crippen LogP contribution in [0.15, 0.2) is 35.5 Å². The van der Waals surface area contributed by atoms with Crippen LogP contribution in [0, 0.1) is 5.92 Å². The number of carbonyl (C=O) groups excluding carboxylic acids is 1. The molecule has 1 saturated heterocycles. The number of hydrogen-bond acceptors (Lipinski definition) is 5. The second-order valence-corrected chi connectivity index (χ2v) is 9.18. The van der Waals surface area contributed by atoms with E-state index in [2.05, 4.69) is 5.16 Å². The lowest BCUT2D eigenvalue weighted by Gasteiger charge is -2.39. The molecule has 0 radical (unpaired) electrons. The van der Waals surface area contributed by atoms with Gasteiger partial charge < -0.3 is 14.5 Å². The Balaban J connectivity index is 1.50. The lowest BCUT2D eigenvalue weighted by Crippen LogP contribution is -2.51. The molecule has 1 fully saturated rings. The predicted octanol–water partition coefficient (Wildman–Crippen LogP) is 5.95. The Labute approximate surface area is 194 Å². The zero-order valence-electron chi connectivity index (χ0n) is 16.2. The Morgan fingerprint density at radius 1 is 1.13 bits per heavy atom. The highest BCUT2D eigenvalue weighted by atomic mass is 35.5. The van der Waals surface area contributed by atoms with Crippen LogP contribution in [0.5, 0.6) is 0 Å². The van der Waals surface area contributed by atoms with Gasteiger partial charge in [-0.2, -0.15) is 0 Å². The van der Waals surface area contributed by atoms with Gasteiger partial charge in [0.15, 0.2) is 5.60 Å². The average Bonchev–Trinajstić information content (AvgIpc) is 3.09. The Kier molecular flexibility index (Phi) is 5.84. The summed E-state index contributed by atoms with van der Waals surface area (Å²) in [6.45, 7) is 3.10. The molecule has 1 atom stereocenters. The molecule has 0 saturated carbocycles. The van der Waals surface area contributed by atoms with E-state index >= 15 is 0 Å². The molecule has 2 aromatic rings. The Bertz CT molecular complexity index is 1030. The first-order valence-corrected chi connectivity index (χ1v) is 10.8. The van der Waals surface area contributed by atoms with E-state index in [9.17, 15) is 4.79 Å². The van der Waals surface area contributed by atoms with Gasteiger partial charge in [-0.15, -0.1) is 0 Å². The minimum atomic E-state index is -0.719. The third-order valence-electron chi connectivity index (χ3n) is 5.49. The van der Waals surface area contributed by atoms with Gasteiger partial charge in [0.1, 0.15) is 0 Å². The highest BCUT2D eigenvalue weighted by Crippen LogP contribution is 2.42. The van der Waals surface area contributed by atoms with Gasteiger partial charge in [-0.1, -0.05) is 57.6 Å². The maximum absolute atomic E-state index is 11.6. The van der Waals surface area contributed by atoms with E-state index in [1.807, 2.05) is 30.0 Å². The summed E-state index contributed by atoms with van der Waals surface area (Å²) < 4.78 is 4.78. The lowest BCUT2D eigenvalue weighted by molar-refractivity contribution is -0.146. The molecule has 0 bridgehead atoms. The number of ether oxygens (including phenoxy) is 1. The molecule has 0 aromatic heterocycles. The van der Waals surface area contributed by atoms with Crippen molar-refractivity contribution in [2.45, 2.75) is 18.9 Å². The van der Waals surface area contributed by atoms with Crippen LogP contribution in [-0.4, -0.2) is 31.9 Å². The minimum absolute atomic E-state index is 0.114. The van der Waals surface area contributed by atoms with Crippen LogP contribution in [-0.2, 0) is 20.0 Å². The van der Waals surface area contributed by atoms with Gasteiger partial charge in [-0.05, 0) is 31.2 Å². The van der Waals surface area contributed by atoms with Gasteiger partial charge in [0.2, 0.25) is 0 Å². The van der Waals surface area contributed by atoms with Crippen molar-refractivity contribution in [2.24, 2.45) is 11.1 Å². The maximum Gasteiger partial charge on any atom is 0.312 e. The standard InChI is InChI=1S/C21H18Cl4N2O3/c1-21(13-6-15(23)19(25)16(24)7-13)8-17(26-30-21)11-3-4-18(14(22)5-11)27-9-12(10-27)20(28)29-2/h3-7,12H,8-10H2,1-2H3. The van der Waals surface area contributed by atoms with Gasteiger partial charge >= 0.3 is 5.97 Å². The largest absolute Gasteiger partial charge is 0.469 e. The fourth-order valence-electron chi connectivity index (χ4n) is 3.64. The fraction of sp³-hybridized carbons (Fsp3) is 0.333. The lowest BCUT2D eigenvalue weighted by atomic mass is 9.89. The number of halogens is 4. The number of carbonyl (C=O) groups is 1. The van der Waals surface area contributed by atoms with Crippen LogP contribution in [0.4, 0.5) is 5.69 Å². The first-order valence-electron chi connectivity index (χ1n) is 9.24. The summed E-state index contributed by atoms with van der Waals surface area (Å²) >= 11 is 24.9. The van der Waals surface area contributed by atoms with Crippen molar-refractivity contribution in [1.29, 1.82) is 0 Å². The van der Waals surface area contributed by atoms with E-state index in [0.29, 0.717) is 39.6 Å². The number of nitrogens with zero attached hydrogens (tertiary/aromatic N) is 2. The summed E-state index contributed by atoms with van der Waals surface area (Å²) in [7, 11) is 1.40. The van der Waals surface area contributed by atoms with Gasteiger partial charge in [-0.25, -0.2) is 0 Å². The number of hydrogen-bond donors (Lipinski definition) is 0. The molecular weight excluding hydrogens is 470 g/mol. The van der Waals surface area contributed by atoms with Crippen molar-refractivity contribution < 1.29 is 14.4 Å². The number of anilines is 1. The third kappa shape index (κ3) is 3.84. The monoisotopic (exact) mass is 486 g/mol. The van der Waals surface area contributed by atoms with Crippen LogP contribution in [0.2, 0.25) is 20.1 Å². The summed E-state index contributed by atoms with van der Waals surface area (Å²) in [5.74, 6) is -0.310. The van der Waals surface area contributed by atoms with Crippen LogP contribution >= 0.6 is 46.4 Å². The van der Waals surface area contributed by atoms with Crippen molar-refractivity contribution in [3.8, 4) is 0 Å². The van der Waals surface area contributed by atoms with Crippen molar-refractivity contribution >= 4 is 63.8 Å². The van der Waals surface area contributed by atoms with E-state index < -0.39 is 5.60 Å². The Hall–Kier alpha value is -1.66. The molecule has 2 aliphatic rings. The highest BCUT2D eigenvalue weighted by Gasteiger charge is 2.38. The number of methoxy groups -OCH3 is 1. The molecular formula is C21H18Cl4N2O3. The van der Waals surface area contributed by atoms with Crippen LogP contribution in [0.25, 0.3) is 0 Å². The van der Waals surface area contributed by atoms with Crippen LogP contribution in [0.1, 0.15) is 24.5 Å². The topological polar surface area (TPSA) is 51.1 Å². The molecule has 2 aromatic carbocycles. The molecule has 0 spiro atoms. The van der Waals surface area contributed by atoms with E-state index in [1.165, 1.54) is 7.11 Å². The smallest absolute Gasteiger partial charge is 0.312 e. The first kappa shape index (κ1) is 21.6. The quantitative estimate of drug-likeness (QED) is 0.395. The van der Waals surface area contributed by atoms with Gasteiger partial charge in [0.05, 0.1) is 44.5 Å². The number of esters is 1. The molecule has 2 aliphatic heterocycles. The Morgan fingerprint density at radius 2 is 1.80 bits per heavy atom. The number of oxime groups is 1. The molecule has 0 aliphatic carbocycles. The highest BCUT2D eigenvalue weighted by molar-refractivity contribution is 6.48. The fourth-order valence-corrected chi connectivity index (χ4v) is 4.54. The van der Waals surface area contributed by atoms with Crippen molar-refractivity contribution in [3.05, 3.63) is 61.5 Å². The van der Waals surface area contributed by atoms with E-state index in [0.717, 1.165) is 22.5 Å². The molecule has 30 heavy (non-hydrogen) atoms. The summed E-state index contributed by atoms with van der Waals surface area (Å²) in [6, 6.07) is 9.22. The molecule has 1 unspecified atom stereocenters. The van der Waals surface area contributed by atoms with Crippen molar-refractivity contribution in [3.63, 3.8) is 0 Å². The van der Waals surface area contributed by atoms with Crippen LogP contribution in [0.3, 0.4) is 0 Å². The van der Waals surface area contributed by atoms with Crippen molar-refractivity contribution in [1.82, 2.24) is 0 Å². The second kappa shape index (κ2) is 8.12. The molecule has 0 amide bonds. The summed E-state index contributed by atoms with van der Waals surface area (Å²) in [4.78, 5) is 19.4.